The number of anilines is 1. The molecule has 2 rings (SSSR count). The summed E-state index contributed by atoms with van der Waals surface area (Å²) in [5, 5.41) is 2.90. The molecule has 0 heterocycles. The average Bonchev–Trinajstić information content (AvgIpc) is 2.63. The molecular weight excluding hydrogens is 382 g/mol. The molecule has 0 aliphatic rings. The van der Waals surface area contributed by atoms with Crippen LogP contribution in [0.5, 0.6) is 0 Å². The molecule has 9 heteroatoms. The lowest BCUT2D eigenvalue weighted by Crippen LogP contribution is -2.37. The Kier molecular flexibility index (Phi) is 6.84. The lowest BCUT2D eigenvalue weighted by atomic mass is 10.2. The number of amides is 2. The zero-order chi connectivity index (χ0) is 20.0. The molecule has 0 bridgehead atoms. The van der Waals surface area contributed by atoms with Crippen LogP contribution in [-0.4, -0.2) is 42.9 Å². The first-order valence-electron chi connectivity index (χ1n) is 7.68. The zero-order valence-electron chi connectivity index (χ0n) is 14.2. The first-order chi connectivity index (χ1) is 12.8. The SMILES string of the molecule is CN(CC(=O)Nc1ccccc1Cl)C(=O)COC(=O)c1ccc(F)c(F)c1. The van der Waals surface area contributed by atoms with Crippen LogP contribution >= 0.6 is 11.6 Å². The Labute approximate surface area is 158 Å². The summed E-state index contributed by atoms with van der Waals surface area (Å²) in [6, 6.07) is 9.08. The van der Waals surface area contributed by atoms with E-state index >= 15 is 0 Å². The number of rotatable bonds is 6. The molecule has 0 aliphatic carbocycles. The molecule has 2 amide bonds. The van der Waals surface area contributed by atoms with E-state index in [1.165, 1.54) is 7.05 Å². The number of hydrogen-bond acceptors (Lipinski definition) is 4. The van der Waals surface area contributed by atoms with Crippen LogP contribution in [0.15, 0.2) is 42.5 Å². The number of halogens is 3. The van der Waals surface area contributed by atoms with Crippen molar-refractivity contribution in [3.63, 3.8) is 0 Å². The highest BCUT2D eigenvalue weighted by Crippen LogP contribution is 2.20. The molecule has 0 radical (unpaired) electrons. The molecule has 1 N–H and O–H groups in total. The predicted molar refractivity (Wildman–Crippen MR) is 94.4 cm³/mol. The van der Waals surface area contributed by atoms with Gasteiger partial charge >= 0.3 is 5.97 Å². The summed E-state index contributed by atoms with van der Waals surface area (Å²) in [5.41, 5.74) is 0.163. The summed E-state index contributed by atoms with van der Waals surface area (Å²) in [6.45, 7) is -0.958. The van der Waals surface area contributed by atoms with Gasteiger partial charge < -0.3 is 15.0 Å². The Bertz CT molecular complexity index is 876. The lowest BCUT2D eigenvalue weighted by molar-refractivity contribution is -0.136. The van der Waals surface area contributed by atoms with E-state index < -0.39 is 36.0 Å². The van der Waals surface area contributed by atoms with Crippen molar-refractivity contribution < 1.29 is 27.9 Å². The molecule has 2 aromatic carbocycles. The second-order valence-electron chi connectivity index (χ2n) is 5.48. The summed E-state index contributed by atoms with van der Waals surface area (Å²) in [4.78, 5) is 36.7. The Hall–Kier alpha value is -3.00. The number of ether oxygens (including phenoxy) is 1. The van der Waals surface area contributed by atoms with Gasteiger partial charge in [-0.15, -0.1) is 0 Å². The molecule has 2 aromatic rings. The second-order valence-corrected chi connectivity index (χ2v) is 5.89. The zero-order valence-corrected chi connectivity index (χ0v) is 14.9. The molecule has 0 saturated heterocycles. The van der Waals surface area contributed by atoms with Crippen molar-refractivity contribution >= 4 is 35.1 Å². The fourth-order valence-electron chi connectivity index (χ4n) is 2.00. The van der Waals surface area contributed by atoms with Gasteiger partial charge in [-0.1, -0.05) is 23.7 Å². The smallest absolute Gasteiger partial charge is 0.338 e. The Morgan fingerprint density at radius 1 is 1.11 bits per heavy atom. The van der Waals surface area contributed by atoms with Crippen molar-refractivity contribution in [3.8, 4) is 0 Å². The number of benzene rings is 2. The molecule has 6 nitrogen and oxygen atoms in total. The Balaban J connectivity index is 1.84. The Morgan fingerprint density at radius 3 is 2.48 bits per heavy atom. The van der Waals surface area contributed by atoms with Crippen LogP contribution in [0.3, 0.4) is 0 Å². The van der Waals surface area contributed by atoms with Gasteiger partial charge in [-0.3, -0.25) is 9.59 Å². The van der Waals surface area contributed by atoms with Crippen molar-refractivity contribution in [2.75, 3.05) is 25.5 Å². The maximum atomic E-state index is 13.1. The number of hydrogen-bond donors (Lipinski definition) is 1. The average molecular weight is 397 g/mol. The summed E-state index contributed by atoms with van der Waals surface area (Å²) in [7, 11) is 1.35. The van der Waals surface area contributed by atoms with Gasteiger partial charge in [0.15, 0.2) is 18.2 Å². The van der Waals surface area contributed by atoms with E-state index in [9.17, 15) is 23.2 Å². The third-order valence-electron chi connectivity index (χ3n) is 3.44. The summed E-state index contributed by atoms with van der Waals surface area (Å²) in [5.74, 6) is -4.45. The lowest BCUT2D eigenvalue weighted by Gasteiger charge is -2.17. The van der Waals surface area contributed by atoms with E-state index in [2.05, 4.69) is 5.32 Å². The predicted octanol–water partition coefficient (Wildman–Crippen LogP) is 2.87. The number of nitrogens with zero attached hydrogens (tertiary/aromatic N) is 1. The third-order valence-corrected chi connectivity index (χ3v) is 3.77. The maximum absolute atomic E-state index is 13.1. The standard InChI is InChI=1S/C18H15ClF2N2O4/c1-23(9-16(24)22-15-5-3-2-4-12(15)19)17(25)10-27-18(26)11-6-7-13(20)14(21)8-11/h2-8H,9-10H2,1H3,(H,22,24). The number of nitrogens with one attached hydrogen (secondary N) is 1. The number of para-hydroxylation sites is 1. The minimum atomic E-state index is -1.20. The maximum Gasteiger partial charge on any atom is 0.338 e. The van der Waals surface area contributed by atoms with Crippen molar-refractivity contribution in [2.45, 2.75) is 0 Å². The topological polar surface area (TPSA) is 75.7 Å². The molecule has 0 atom stereocenters. The molecule has 142 valence electrons. The fourth-order valence-corrected chi connectivity index (χ4v) is 2.18. The van der Waals surface area contributed by atoms with Gasteiger partial charge in [0.2, 0.25) is 5.91 Å². The summed E-state index contributed by atoms with van der Waals surface area (Å²) >= 11 is 5.93. The van der Waals surface area contributed by atoms with Crippen LogP contribution < -0.4 is 5.32 Å². The van der Waals surface area contributed by atoms with Crippen LogP contribution in [0.1, 0.15) is 10.4 Å². The van der Waals surface area contributed by atoms with E-state index in [1.807, 2.05) is 0 Å². The van der Waals surface area contributed by atoms with Crippen LogP contribution in [0.4, 0.5) is 14.5 Å². The number of carbonyl (C=O) groups excluding carboxylic acids is 3. The van der Waals surface area contributed by atoms with Crippen LogP contribution in [0.2, 0.25) is 5.02 Å². The van der Waals surface area contributed by atoms with E-state index in [0.717, 1.165) is 17.0 Å². The van der Waals surface area contributed by atoms with Gasteiger partial charge in [0.25, 0.3) is 5.91 Å². The van der Waals surface area contributed by atoms with E-state index in [0.29, 0.717) is 16.8 Å². The molecule has 0 spiro atoms. The summed E-state index contributed by atoms with van der Waals surface area (Å²) < 4.78 is 30.7. The van der Waals surface area contributed by atoms with Gasteiger partial charge in [-0.05, 0) is 30.3 Å². The highest BCUT2D eigenvalue weighted by Gasteiger charge is 2.17. The largest absolute Gasteiger partial charge is 0.452 e. The quantitative estimate of drug-likeness (QED) is 0.762. The minimum Gasteiger partial charge on any atom is -0.452 e. The normalized spacial score (nSPS) is 10.2. The second kappa shape index (κ2) is 9.09. The first kappa shape index (κ1) is 20.3. The van der Waals surface area contributed by atoms with Crippen molar-refractivity contribution in [2.24, 2.45) is 0 Å². The monoisotopic (exact) mass is 396 g/mol. The van der Waals surface area contributed by atoms with Gasteiger partial charge in [-0.25, -0.2) is 13.6 Å². The van der Waals surface area contributed by atoms with Crippen molar-refractivity contribution in [1.82, 2.24) is 4.90 Å². The number of esters is 1. The summed E-state index contributed by atoms with van der Waals surface area (Å²) in [6.07, 6.45) is 0. The molecule has 0 unspecified atom stereocenters. The first-order valence-corrected chi connectivity index (χ1v) is 8.06. The number of likely N-dealkylation sites (N-methyl/N-ethyl adjacent to an activating group) is 1. The Morgan fingerprint density at radius 2 is 1.81 bits per heavy atom. The molecule has 27 heavy (non-hydrogen) atoms. The van der Waals surface area contributed by atoms with E-state index in [4.69, 9.17) is 16.3 Å². The fraction of sp³-hybridized carbons (Fsp3) is 0.167. The third kappa shape index (κ3) is 5.75. The van der Waals surface area contributed by atoms with Gasteiger partial charge in [0.05, 0.1) is 22.8 Å². The van der Waals surface area contributed by atoms with Gasteiger partial charge in [-0.2, -0.15) is 0 Å². The van der Waals surface area contributed by atoms with Crippen molar-refractivity contribution in [1.29, 1.82) is 0 Å². The van der Waals surface area contributed by atoms with Gasteiger partial charge in [0, 0.05) is 7.05 Å². The van der Waals surface area contributed by atoms with Gasteiger partial charge in [0.1, 0.15) is 0 Å². The molecule has 0 aromatic heterocycles. The van der Waals surface area contributed by atoms with Crippen molar-refractivity contribution in [3.05, 3.63) is 64.7 Å². The van der Waals surface area contributed by atoms with Crippen LogP contribution in [0, 0.1) is 11.6 Å². The van der Waals surface area contributed by atoms with E-state index in [-0.39, 0.29) is 12.1 Å². The van der Waals surface area contributed by atoms with Crippen LogP contribution in [-0.2, 0) is 14.3 Å². The minimum absolute atomic E-state index is 0.235. The van der Waals surface area contributed by atoms with Crippen LogP contribution in [0.25, 0.3) is 0 Å². The number of carbonyl (C=O) groups is 3. The molecule has 0 saturated carbocycles. The molecule has 0 aliphatic heterocycles. The highest BCUT2D eigenvalue weighted by atomic mass is 35.5. The molecule has 0 fully saturated rings. The highest BCUT2D eigenvalue weighted by molar-refractivity contribution is 6.33. The molecular formula is C18H15ClF2N2O4. The van der Waals surface area contributed by atoms with E-state index in [1.54, 1.807) is 24.3 Å².